The number of rotatable bonds is 3. The minimum atomic E-state index is 0.251. The molecule has 0 aromatic carbocycles. The summed E-state index contributed by atoms with van der Waals surface area (Å²) in [6, 6.07) is 4.29. The topological polar surface area (TPSA) is 89.2 Å². The number of fused-ring (bicyclic) bond motifs is 1. The third-order valence-corrected chi connectivity index (χ3v) is 5.20. The summed E-state index contributed by atoms with van der Waals surface area (Å²) >= 11 is 0. The fourth-order valence-electron chi connectivity index (χ4n) is 3.82. The highest BCUT2D eigenvalue weighted by molar-refractivity contribution is 5.84. The fourth-order valence-corrected chi connectivity index (χ4v) is 3.82. The molecule has 28 heavy (non-hydrogen) atoms. The molecule has 1 aliphatic rings. The van der Waals surface area contributed by atoms with Crippen LogP contribution in [-0.4, -0.2) is 60.4 Å². The second-order valence-electron chi connectivity index (χ2n) is 7.18. The third-order valence-electron chi connectivity index (χ3n) is 5.20. The van der Waals surface area contributed by atoms with Gasteiger partial charge in [-0.3, -0.25) is 9.78 Å². The molecule has 5 rings (SSSR count). The summed E-state index contributed by atoms with van der Waals surface area (Å²) < 4.78 is 9.34. The molecule has 5 heterocycles. The van der Waals surface area contributed by atoms with Gasteiger partial charge in [-0.1, -0.05) is 0 Å². The zero-order valence-corrected chi connectivity index (χ0v) is 16.1. The summed E-state index contributed by atoms with van der Waals surface area (Å²) in [7, 11) is 1.94. The average molecular weight is 378 g/mol. The van der Waals surface area contributed by atoms with Crippen molar-refractivity contribution in [2.24, 2.45) is 7.05 Å². The van der Waals surface area contributed by atoms with Crippen LogP contribution in [0, 0.1) is 6.92 Å². The van der Waals surface area contributed by atoms with Gasteiger partial charge in [0, 0.05) is 37.1 Å². The highest BCUT2D eigenvalue weighted by Gasteiger charge is 2.24. The van der Waals surface area contributed by atoms with Crippen LogP contribution >= 0.6 is 0 Å². The highest BCUT2D eigenvalue weighted by atomic mass is 16.5. The van der Waals surface area contributed by atoms with Crippen LogP contribution in [0.1, 0.15) is 12.6 Å². The Bertz CT molecular complexity index is 1130. The van der Waals surface area contributed by atoms with Crippen molar-refractivity contribution in [3.05, 3.63) is 36.4 Å². The quantitative estimate of drug-likeness (QED) is 0.587. The molecule has 4 aromatic heterocycles. The molecule has 9 nitrogen and oxygen atoms in total. The second kappa shape index (κ2) is 6.45. The standard InChI is InChI=1S/C19H22N8O/c1-12-11-28-7-6-26(12)18-8-14(15-10-25(3)23-13(15)2)17-9-20-19(27(17)24-18)16-4-5-21-22-16/h4-5,8-10,12H,6-7,11H2,1-3H3,(H,21,22). The van der Waals surface area contributed by atoms with Crippen molar-refractivity contribution in [2.45, 2.75) is 19.9 Å². The van der Waals surface area contributed by atoms with Gasteiger partial charge in [-0.2, -0.15) is 10.2 Å². The molecule has 9 heteroatoms. The Morgan fingerprint density at radius 3 is 2.86 bits per heavy atom. The Morgan fingerprint density at radius 2 is 2.14 bits per heavy atom. The SMILES string of the molecule is Cc1nn(C)cc1-c1cc(N2CCOCC2C)nn2c(-c3ccn[nH]3)ncc12. The van der Waals surface area contributed by atoms with E-state index >= 15 is 0 Å². The highest BCUT2D eigenvalue weighted by Crippen LogP contribution is 2.32. The smallest absolute Gasteiger partial charge is 0.179 e. The summed E-state index contributed by atoms with van der Waals surface area (Å²) in [6.07, 6.45) is 5.62. The predicted octanol–water partition coefficient (Wildman–Crippen LogP) is 2.05. The maximum atomic E-state index is 5.61. The first-order chi connectivity index (χ1) is 13.6. The summed E-state index contributed by atoms with van der Waals surface area (Å²) in [5.74, 6) is 1.64. The summed E-state index contributed by atoms with van der Waals surface area (Å²) in [5.41, 5.74) is 4.88. The number of aryl methyl sites for hydroxylation is 2. The van der Waals surface area contributed by atoms with E-state index in [1.165, 1.54) is 0 Å². The van der Waals surface area contributed by atoms with Crippen LogP contribution in [-0.2, 0) is 11.8 Å². The minimum Gasteiger partial charge on any atom is -0.377 e. The lowest BCUT2D eigenvalue weighted by Gasteiger charge is -2.34. The van der Waals surface area contributed by atoms with Gasteiger partial charge in [0.1, 0.15) is 5.69 Å². The van der Waals surface area contributed by atoms with Crippen molar-refractivity contribution in [3.63, 3.8) is 0 Å². The average Bonchev–Trinajstić information content (AvgIpc) is 3.40. The van der Waals surface area contributed by atoms with Crippen LogP contribution in [0.25, 0.3) is 28.2 Å². The van der Waals surface area contributed by atoms with Crippen molar-refractivity contribution in [2.75, 3.05) is 24.7 Å². The predicted molar refractivity (Wildman–Crippen MR) is 105 cm³/mol. The van der Waals surface area contributed by atoms with E-state index in [-0.39, 0.29) is 6.04 Å². The van der Waals surface area contributed by atoms with Crippen molar-refractivity contribution in [1.29, 1.82) is 0 Å². The van der Waals surface area contributed by atoms with E-state index in [0.29, 0.717) is 13.2 Å². The van der Waals surface area contributed by atoms with Crippen molar-refractivity contribution in [1.82, 2.24) is 34.6 Å². The number of nitrogens with zero attached hydrogens (tertiary/aromatic N) is 7. The molecule has 1 saturated heterocycles. The van der Waals surface area contributed by atoms with E-state index in [9.17, 15) is 0 Å². The van der Waals surface area contributed by atoms with Crippen molar-refractivity contribution >= 4 is 11.3 Å². The van der Waals surface area contributed by atoms with Gasteiger partial charge in [-0.25, -0.2) is 9.50 Å². The van der Waals surface area contributed by atoms with Crippen LogP contribution in [0.2, 0.25) is 0 Å². The van der Waals surface area contributed by atoms with Gasteiger partial charge in [0.05, 0.1) is 36.7 Å². The van der Waals surface area contributed by atoms with E-state index in [2.05, 4.69) is 38.2 Å². The normalized spacial score (nSPS) is 17.5. The molecule has 0 aliphatic carbocycles. The molecule has 1 N–H and O–H groups in total. The van der Waals surface area contributed by atoms with Crippen LogP contribution < -0.4 is 4.90 Å². The monoisotopic (exact) mass is 378 g/mol. The zero-order valence-electron chi connectivity index (χ0n) is 16.1. The number of aromatic amines is 1. The van der Waals surface area contributed by atoms with Crippen molar-refractivity contribution < 1.29 is 4.74 Å². The van der Waals surface area contributed by atoms with Gasteiger partial charge in [-0.05, 0) is 26.0 Å². The van der Waals surface area contributed by atoms with E-state index < -0.39 is 0 Å². The zero-order chi connectivity index (χ0) is 19.3. The first kappa shape index (κ1) is 16.9. The van der Waals surface area contributed by atoms with Gasteiger partial charge in [0.15, 0.2) is 11.6 Å². The molecule has 1 atom stereocenters. The maximum Gasteiger partial charge on any atom is 0.179 e. The molecule has 0 spiro atoms. The second-order valence-corrected chi connectivity index (χ2v) is 7.18. The molecule has 0 amide bonds. The Balaban J connectivity index is 1.76. The van der Waals surface area contributed by atoms with Gasteiger partial charge >= 0.3 is 0 Å². The molecule has 144 valence electrons. The van der Waals surface area contributed by atoms with Gasteiger partial charge in [0.2, 0.25) is 0 Å². The van der Waals surface area contributed by atoms with Crippen molar-refractivity contribution in [3.8, 4) is 22.6 Å². The third kappa shape index (κ3) is 2.66. The number of hydrogen-bond acceptors (Lipinski definition) is 6. The number of morpholine rings is 1. The van der Waals surface area contributed by atoms with Gasteiger partial charge < -0.3 is 9.64 Å². The number of H-pyrrole nitrogens is 1. The van der Waals surface area contributed by atoms with E-state index in [1.54, 1.807) is 6.20 Å². The van der Waals surface area contributed by atoms with E-state index in [4.69, 9.17) is 9.84 Å². The first-order valence-corrected chi connectivity index (χ1v) is 9.35. The van der Waals surface area contributed by atoms with E-state index in [1.807, 2.05) is 41.6 Å². The molecule has 1 unspecified atom stereocenters. The van der Waals surface area contributed by atoms with Crippen LogP contribution in [0.5, 0.6) is 0 Å². The molecule has 1 fully saturated rings. The Kier molecular flexibility index (Phi) is 3.90. The number of aromatic nitrogens is 7. The Morgan fingerprint density at radius 1 is 1.25 bits per heavy atom. The molecular formula is C19H22N8O. The van der Waals surface area contributed by atoms with Gasteiger partial charge in [-0.15, -0.1) is 5.10 Å². The van der Waals surface area contributed by atoms with Crippen LogP contribution in [0.3, 0.4) is 0 Å². The number of imidazole rings is 1. The van der Waals surface area contributed by atoms with Crippen LogP contribution in [0.15, 0.2) is 30.7 Å². The largest absolute Gasteiger partial charge is 0.377 e. The summed E-state index contributed by atoms with van der Waals surface area (Å²) in [4.78, 5) is 6.91. The van der Waals surface area contributed by atoms with E-state index in [0.717, 1.165) is 46.2 Å². The van der Waals surface area contributed by atoms with Crippen LogP contribution in [0.4, 0.5) is 5.82 Å². The molecular weight excluding hydrogens is 356 g/mol. The molecule has 1 aliphatic heterocycles. The summed E-state index contributed by atoms with van der Waals surface area (Å²) in [6.45, 7) is 6.37. The maximum absolute atomic E-state index is 5.61. The Labute approximate surface area is 161 Å². The lowest BCUT2D eigenvalue weighted by Crippen LogP contribution is -2.44. The fraction of sp³-hybridized carbons (Fsp3) is 0.368. The number of ether oxygens (including phenoxy) is 1. The Hall–Kier alpha value is -3.20. The molecule has 0 bridgehead atoms. The van der Waals surface area contributed by atoms with Gasteiger partial charge in [0.25, 0.3) is 0 Å². The summed E-state index contributed by atoms with van der Waals surface area (Å²) in [5, 5.41) is 16.5. The molecule has 0 saturated carbocycles. The lowest BCUT2D eigenvalue weighted by atomic mass is 10.1. The number of nitrogens with one attached hydrogen (secondary N) is 1. The number of anilines is 1. The molecule has 4 aromatic rings. The minimum absolute atomic E-state index is 0.251. The lowest BCUT2D eigenvalue weighted by molar-refractivity contribution is 0.0984. The number of hydrogen-bond donors (Lipinski definition) is 1. The molecule has 0 radical (unpaired) electrons. The first-order valence-electron chi connectivity index (χ1n) is 9.35.